The average molecular weight is 486 g/mol. The van der Waals surface area contributed by atoms with Crippen molar-refractivity contribution in [3.63, 3.8) is 0 Å². The number of nitrogens with zero attached hydrogens (tertiary/aromatic N) is 1. The summed E-state index contributed by atoms with van der Waals surface area (Å²) in [4.78, 5) is 13.3. The molecule has 1 aromatic heterocycles. The van der Waals surface area contributed by atoms with E-state index in [9.17, 15) is 14.5 Å². The van der Waals surface area contributed by atoms with E-state index in [1.165, 1.54) is 18.4 Å². The molecule has 0 radical (unpaired) electrons. The van der Waals surface area contributed by atoms with Crippen molar-refractivity contribution in [2.45, 2.75) is 39.0 Å². The molecule has 0 amide bonds. The highest BCUT2D eigenvalue weighted by Crippen LogP contribution is 2.54. The first-order valence-electron chi connectivity index (χ1n) is 10.2. The van der Waals surface area contributed by atoms with E-state index < -0.39 is 13.5 Å². The van der Waals surface area contributed by atoms with Crippen LogP contribution in [0.4, 0.5) is 5.69 Å². The van der Waals surface area contributed by atoms with Crippen LogP contribution in [-0.4, -0.2) is 37.9 Å². The Kier molecular flexibility index (Phi) is 7.54. The Morgan fingerprint density at radius 3 is 2.42 bits per heavy atom. The lowest BCUT2D eigenvalue weighted by Gasteiger charge is -2.36. The minimum atomic E-state index is -3.60. The van der Waals surface area contributed by atoms with E-state index >= 15 is 0 Å². The van der Waals surface area contributed by atoms with Gasteiger partial charge in [0, 0.05) is 36.8 Å². The second kappa shape index (κ2) is 9.63. The Morgan fingerprint density at radius 1 is 1.29 bits per heavy atom. The van der Waals surface area contributed by atoms with Crippen LogP contribution in [0.1, 0.15) is 48.2 Å². The quantitative estimate of drug-likeness (QED) is 0.500. The van der Waals surface area contributed by atoms with Crippen molar-refractivity contribution in [3.05, 3.63) is 45.1 Å². The van der Waals surface area contributed by atoms with E-state index in [0.29, 0.717) is 35.8 Å². The van der Waals surface area contributed by atoms with Gasteiger partial charge in [-0.15, -0.1) is 11.3 Å². The molecule has 1 N–H and O–H groups in total. The van der Waals surface area contributed by atoms with Gasteiger partial charge in [-0.25, -0.2) is 4.79 Å². The van der Waals surface area contributed by atoms with Crippen LogP contribution in [0.2, 0.25) is 5.02 Å². The molecule has 3 rings (SSSR count). The molecule has 0 spiro atoms. The number of anilines is 1. The lowest BCUT2D eigenvalue weighted by Crippen LogP contribution is -2.34. The largest absolute Gasteiger partial charge is 0.477 e. The molecule has 0 aliphatic carbocycles. The molecule has 1 fully saturated rings. The fraction of sp³-hybridized carbons (Fsp3) is 0.500. The van der Waals surface area contributed by atoms with Crippen LogP contribution < -0.4 is 9.97 Å². The topological polar surface area (TPSA) is 76.1 Å². The smallest absolute Gasteiger partial charge is 0.348 e. The van der Waals surface area contributed by atoms with E-state index in [0.717, 1.165) is 17.7 Å². The average Bonchev–Trinajstić information content (AvgIpc) is 3.19. The number of carbonyl (C=O) groups is 1. The zero-order chi connectivity index (χ0) is 22.8. The summed E-state index contributed by atoms with van der Waals surface area (Å²) in [5.41, 5.74) is 0.198. The van der Waals surface area contributed by atoms with Gasteiger partial charge in [0.2, 0.25) is 0 Å². The van der Waals surface area contributed by atoms with Crippen LogP contribution in [0.15, 0.2) is 30.3 Å². The summed E-state index contributed by atoms with van der Waals surface area (Å²) >= 11 is 7.27. The van der Waals surface area contributed by atoms with Gasteiger partial charge in [0.25, 0.3) is 0 Å². The van der Waals surface area contributed by atoms with Crippen LogP contribution in [0, 0.1) is 5.92 Å². The third-order valence-corrected chi connectivity index (χ3v) is 9.66. The van der Waals surface area contributed by atoms with Gasteiger partial charge in [0.1, 0.15) is 4.88 Å². The third kappa shape index (κ3) is 5.35. The number of carboxylic acids is 1. The second-order valence-corrected chi connectivity index (χ2v) is 12.6. The number of halogens is 1. The minimum absolute atomic E-state index is 0.170. The molecule has 1 unspecified atom stereocenters. The Hall–Kier alpha value is -1.37. The van der Waals surface area contributed by atoms with Gasteiger partial charge in [-0.2, -0.15) is 0 Å². The monoisotopic (exact) mass is 485 g/mol. The fourth-order valence-electron chi connectivity index (χ4n) is 3.59. The zero-order valence-electron chi connectivity index (χ0n) is 18.3. The number of hydrogen-bond acceptors (Lipinski definition) is 5. The number of benzene rings is 1. The van der Waals surface area contributed by atoms with Crippen molar-refractivity contribution in [2.75, 3.05) is 31.5 Å². The first kappa shape index (κ1) is 24.3. The molecule has 1 aromatic carbocycles. The van der Waals surface area contributed by atoms with Gasteiger partial charge in [-0.3, -0.25) is 9.24 Å². The fourth-order valence-corrected chi connectivity index (χ4v) is 6.94. The van der Waals surface area contributed by atoms with E-state index in [4.69, 9.17) is 20.9 Å². The van der Waals surface area contributed by atoms with Crippen molar-refractivity contribution in [1.29, 1.82) is 0 Å². The van der Waals surface area contributed by atoms with E-state index in [-0.39, 0.29) is 16.2 Å². The lowest BCUT2D eigenvalue weighted by molar-refractivity contribution is 0.0683. The van der Waals surface area contributed by atoms with Gasteiger partial charge in [0.15, 0.2) is 0 Å². The summed E-state index contributed by atoms with van der Waals surface area (Å²) in [5.74, 6) is -0.824. The lowest BCUT2D eigenvalue weighted by atomic mass is 9.94. The molecule has 1 aliphatic heterocycles. The summed E-state index contributed by atoms with van der Waals surface area (Å²) in [7, 11) is -2.19. The van der Waals surface area contributed by atoms with Crippen LogP contribution in [0.3, 0.4) is 0 Å². The molecule has 2 heterocycles. The van der Waals surface area contributed by atoms with Crippen LogP contribution >= 0.6 is 30.5 Å². The van der Waals surface area contributed by atoms with Crippen molar-refractivity contribution >= 4 is 47.4 Å². The van der Waals surface area contributed by atoms with Crippen molar-refractivity contribution in [3.8, 4) is 0 Å². The van der Waals surface area contributed by atoms with Gasteiger partial charge in [0.05, 0.1) is 11.0 Å². The Morgan fingerprint density at radius 2 is 1.90 bits per heavy atom. The number of aromatic carboxylic acids is 1. The molecule has 2 aromatic rings. The zero-order valence-corrected chi connectivity index (χ0v) is 20.7. The summed E-state index contributed by atoms with van der Waals surface area (Å²) in [5, 5.41) is 11.0. The number of thiophene rings is 1. The summed E-state index contributed by atoms with van der Waals surface area (Å²) in [6.07, 6.45) is 1.64. The molecule has 0 bridgehead atoms. The van der Waals surface area contributed by atoms with Crippen molar-refractivity contribution in [1.82, 2.24) is 0 Å². The van der Waals surface area contributed by atoms with E-state index in [1.807, 2.05) is 26.8 Å². The SMILES string of the molecule is COP(=O)(c1ccc(Cl)cc1)N(CC1CCOCC1)c1cc(C(C)(C)C)sc1C(=O)O. The summed E-state index contributed by atoms with van der Waals surface area (Å²) in [6, 6.07) is 8.56. The molecule has 1 saturated heterocycles. The molecule has 1 aliphatic rings. The maximum Gasteiger partial charge on any atom is 0.348 e. The minimum Gasteiger partial charge on any atom is -0.477 e. The highest BCUT2D eigenvalue weighted by Gasteiger charge is 2.39. The third-order valence-electron chi connectivity index (χ3n) is 5.41. The number of rotatable bonds is 7. The van der Waals surface area contributed by atoms with Crippen LogP contribution in [-0.2, 0) is 19.2 Å². The highest BCUT2D eigenvalue weighted by molar-refractivity contribution is 7.68. The van der Waals surface area contributed by atoms with Crippen molar-refractivity contribution in [2.24, 2.45) is 5.92 Å². The first-order chi connectivity index (χ1) is 14.6. The van der Waals surface area contributed by atoms with Crippen LogP contribution in [0.5, 0.6) is 0 Å². The summed E-state index contributed by atoms with van der Waals surface area (Å²) < 4.78 is 27.2. The van der Waals surface area contributed by atoms with Gasteiger partial charge >= 0.3 is 13.5 Å². The summed E-state index contributed by atoms with van der Waals surface area (Å²) in [6.45, 7) is 7.79. The first-order valence-corrected chi connectivity index (χ1v) is 13.0. The number of ether oxygens (including phenoxy) is 1. The number of hydrogen-bond donors (Lipinski definition) is 1. The Balaban J connectivity index is 2.16. The maximum absolute atomic E-state index is 14.3. The van der Waals surface area contributed by atoms with Crippen LogP contribution in [0.25, 0.3) is 0 Å². The van der Waals surface area contributed by atoms with Gasteiger partial charge in [-0.1, -0.05) is 32.4 Å². The predicted molar refractivity (Wildman–Crippen MR) is 127 cm³/mol. The molecule has 9 heteroatoms. The van der Waals surface area contributed by atoms with E-state index in [2.05, 4.69) is 0 Å². The Bertz CT molecular complexity index is 963. The molecular weight excluding hydrogens is 457 g/mol. The molecule has 170 valence electrons. The van der Waals surface area contributed by atoms with E-state index in [1.54, 1.807) is 28.9 Å². The molecular formula is C22H29ClNO5PS. The van der Waals surface area contributed by atoms with Crippen molar-refractivity contribution < 1.29 is 23.7 Å². The Labute approximate surface area is 192 Å². The predicted octanol–water partition coefficient (Wildman–Crippen LogP) is 5.80. The van der Waals surface area contributed by atoms with Gasteiger partial charge in [-0.05, 0) is 54.5 Å². The number of carboxylic acid groups (broad SMARTS) is 1. The van der Waals surface area contributed by atoms with Gasteiger partial charge < -0.3 is 14.4 Å². The highest BCUT2D eigenvalue weighted by atomic mass is 35.5. The molecule has 0 saturated carbocycles. The normalized spacial score (nSPS) is 17.3. The standard InChI is InChI=1S/C22H29ClNO5PS/c1-22(2,3)19-13-18(20(31-19)21(25)26)24(14-15-9-11-29-12-10-15)30(27,28-4)17-7-5-16(23)6-8-17/h5-8,13,15H,9-12,14H2,1-4H3,(H,25,26). The maximum atomic E-state index is 14.3. The molecule has 31 heavy (non-hydrogen) atoms. The molecule has 6 nitrogen and oxygen atoms in total. The molecule has 1 atom stereocenters. The second-order valence-electron chi connectivity index (χ2n) is 8.70.